The quantitative estimate of drug-likeness (QED) is 0.796. The fraction of sp³-hybridized carbons (Fsp3) is 0.222. The zero-order chi connectivity index (χ0) is 17.5. The van der Waals surface area contributed by atoms with Gasteiger partial charge in [0.1, 0.15) is 5.75 Å². The van der Waals surface area contributed by atoms with Gasteiger partial charge in [0.25, 0.3) is 5.91 Å². The number of rotatable bonds is 6. The van der Waals surface area contributed by atoms with E-state index in [0.29, 0.717) is 34.2 Å². The van der Waals surface area contributed by atoms with Crippen molar-refractivity contribution in [3.05, 3.63) is 58.6 Å². The minimum Gasteiger partial charge on any atom is -0.497 e. The van der Waals surface area contributed by atoms with Gasteiger partial charge in [0, 0.05) is 5.56 Å². The highest BCUT2D eigenvalue weighted by atomic mass is 35.5. The van der Waals surface area contributed by atoms with E-state index < -0.39 is 5.97 Å². The summed E-state index contributed by atoms with van der Waals surface area (Å²) >= 11 is 6.10. The maximum absolute atomic E-state index is 12.3. The van der Waals surface area contributed by atoms with Crippen molar-refractivity contribution in [3.63, 3.8) is 0 Å². The highest BCUT2D eigenvalue weighted by Gasteiger charge is 2.13. The normalized spacial score (nSPS) is 10.1. The molecule has 0 aliphatic carbocycles. The maximum Gasteiger partial charge on any atom is 0.338 e. The lowest BCUT2D eigenvalue weighted by atomic mass is 10.1. The number of benzene rings is 2. The summed E-state index contributed by atoms with van der Waals surface area (Å²) in [5.74, 6) is -0.231. The van der Waals surface area contributed by atoms with E-state index in [1.807, 2.05) is 6.92 Å². The van der Waals surface area contributed by atoms with Crippen LogP contribution in [0.3, 0.4) is 0 Å². The second-order valence-corrected chi connectivity index (χ2v) is 5.42. The van der Waals surface area contributed by atoms with E-state index in [1.54, 1.807) is 36.4 Å². The summed E-state index contributed by atoms with van der Waals surface area (Å²) in [6.07, 6.45) is 0.735. The topological polar surface area (TPSA) is 64.6 Å². The molecule has 0 spiro atoms. The van der Waals surface area contributed by atoms with Gasteiger partial charge in [0.15, 0.2) is 0 Å². The molecule has 2 aromatic carbocycles. The van der Waals surface area contributed by atoms with Crippen LogP contribution in [0.15, 0.2) is 42.5 Å². The Balaban J connectivity index is 2.19. The Morgan fingerprint density at radius 3 is 2.62 bits per heavy atom. The summed E-state index contributed by atoms with van der Waals surface area (Å²) in [5, 5.41) is 3.03. The second-order valence-electron chi connectivity index (χ2n) is 5.02. The molecule has 0 aliphatic rings. The molecule has 24 heavy (non-hydrogen) atoms. The average molecular weight is 348 g/mol. The minimum atomic E-state index is -0.453. The molecule has 0 saturated heterocycles. The number of carbonyl (C=O) groups is 2. The van der Waals surface area contributed by atoms with Gasteiger partial charge in [-0.05, 0) is 42.8 Å². The van der Waals surface area contributed by atoms with Gasteiger partial charge >= 0.3 is 5.97 Å². The monoisotopic (exact) mass is 347 g/mol. The molecule has 0 aliphatic heterocycles. The number of carbonyl (C=O) groups excluding carboxylic acids is 2. The van der Waals surface area contributed by atoms with E-state index in [2.05, 4.69) is 5.32 Å². The van der Waals surface area contributed by atoms with Gasteiger partial charge in [-0.25, -0.2) is 4.79 Å². The van der Waals surface area contributed by atoms with Crippen LogP contribution in [-0.4, -0.2) is 25.6 Å². The van der Waals surface area contributed by atoms with E-state index in [4.69, 9.17) is 21.1 Å². The number of anilines is 1. The molecule has 1 amide bonds. The van der Waals surface area contributed by atoms with Crippen molar-refractivity contribution in [1.29, 1.82) is 0 Å². The predicted octanol–water partition coefficient (Wildman–Crippen LogP) is 4.17. The Kier molecular flexibility index (Phi) is 6.21. The van der Waals surface area contributed by atoms with E-state index in [9.17, 15) is 9.59 Å². The smallest absolute Gasteiger partial charge is 0.338 e. The molecule has 0 bridgehead atoms. The predicted molar refractivity (Wildman–Crippen MR) is 93.0 cm³/mol. The molecule has 0 unspecified atom stereocenters. The molecule has 0 fully saturated rings. The van der Waals surface area contributed by atoms with Crippen molar-refractivity contribution in [2.45, 2.75) is 13.3 Å². The molecular weight excluding hydrogens is 330 g/mol. The van der Waals surface area contributed by atoms with Crippen molar-refractivity contribution >= 4 is 29.2 Å². The summed E-state index contributed by atoms with van der Waals surface area (Å²) in [6, 6.07) is 11.3. The number of hydrogen-bond donors (Lipinski definition) is 1. The number of methoxy groups -OCH3 is 1. The SMILES string of the molecule is CCCOC(=O)c1ccc(Cl)c(NC(=O)c2cccc(OC)c2)c1. The number of esters is 1. The van der Waals surface area contributed by atoms with Gasteiger partial charge in [-0.15, -0.1) is 0 Å². The van der Waals surface area contributed by atoms with Gasteiger partial charge in [-0.1, -0.05) is 24.6 Å². The first kappa shape index (κ1) is 17.8. The fourth-order valence-electron chi connectivity index (χ4n) is 1.98. The molecule has 0 saturated carbocycles. The Bertz CT molecular complexity index is 746. The number of halogens is 1. The Hall–Kier alpha value is -2.53. The molecular formula is C18H18ClNO4. The molecule has 2 aromatic rings. The van der Waals surface area contributed by atoms with Gasteiger partial charge < -0.3 is 14.8 Å². The summed E-state index contributed by atoms with van der Waals surface area (Å²) in [4.78, 5) is 24.3. The van der Waals surface area contributed by atoms with E-state index in [-0.39, 0.29) is 5.91 Å². The Morgan fingerprint density at radius 1 is 1.12 bits per heavy atom. The third-order valence-corrected chi connectivity index (χ3v) is 3.55. The lowest BCUT2D eigenvalue weighted by Crippen LogP contribution is -2.13. The number of hydrogen-bond acceptors (Lipinski definition) is 4. The molecule has 2 rings (SSSR count). The van der Waals surface area contributed by atoms with Crippen LogP contribution in [0.2, 0.25) is 5.02 Å². The van der Waals surface area contributed by atoms with Crippen LogP contribution in [0.5, 0.6) is 5.75 Å². The van der Waals surface area contributed by atoms with Crippen molar-refractivity contribution in [2.75, 3.05) is 19.0 Å². The first-order valence-corrected chi connectivity index (χ1v) is 7.85. The fourth-order valence-corrected chi connectivity index (χ4v) is 2.15. The largest absolute Gasteiger partial charge is 0.497 e. The van der Waals surface area contributed by atoms with Crippen LogP contribution in [-0.2, 0) is 4.74 Å². The lowest BCUT2D eigenvalue weighted by molar-refractivity contribution is 0.0505. The van der Waals surface area contributed by atoms with E-state index >= 15 is 0 Å². The molecule has 6 heteroatoms. The average Bonchev–Trinajstić information content (AvgIpc) is 2.61. The van der Waals surface area contributed by atoms with Gasteiger partial charge in [0.05, 0.1) is 30.0 Å². The van der Waals surface area contributed by atoms with Gasteiger partial charge in [-0.3, -0.25) is 4.79 Å². The summed E-state index contributed by atoms with van der Waals surface area (Å²) in [6.45, 7) is 2.25. The van der Waals surface area contributed by atoms with Gasteiger partial charge in [0.2, 0.25) is 0 Å². The van der Waals surface area contributed by atoms with Crippen LogP contribution in [0.25, 0.3) is 0 Å². The molecule has 1 N–H and O–H groups in total. The first-order chi connectivity index (χ1) is 11.5. The maximum atomic E-state index is 12.3. The third kappa shape index (κ3) is 4.49. The summed E-state index contributed by atoms with van der Waals surface area (Å²) in [5.41, 5.74) is 1.09. The Morgan fingerprint density at radius 2 is 1.92 bits per heavy atom. The number of nitrogens with one attached hydrogen (secondary N) is 1. The Labute approximate surface area is 145 Å². The zero-order valence-corrected chi connectivity index (χ0v) is 14.2. The van der Waals surface area contributed by atoms with Crippen molar-refractivity contribution in [3.8, 4) is 5.75 Å². The summed E-state index contributed by atoms with van der Waals surface area (Å²) in [7, 11) is 1.53. The third-order valence-electron chi connectivity index (χ3n) is 3.22. The number of amides is 1. The molecule has 5 nitrogen and oxygen atoms in total. The van der Waals surface area contributed by atoms with Crippen LogP contribution in [0, 0.1) is 0 Å². The molecule has 0 atom stereocenters. The molecule has 0 aromatic heterocycles. The van der Waals surface area contributed by atoms with Crippen molar-refractivity contribution < 1.29 is 19.1 Å². The van der Waals surface area contributed by atoms with E-state index in [0.717, 1.165) is 6.42 Å². The van der Waals surface area contributed by atoms with Crippen LogP contribution in [0.1, 0.15) is 34.1 Å². The number of ether oxygens (including phenoxy) is 2. The second kappa shape index (κ2) is 8.36. The van der Waals surface area contributed by atoms with Crippen LogP contribution in [0.4, 0.5) is 5.69 Å². The lowest BCUT2D eigenvalue weighted by Gasteiger charge is -2.10. The molecule has 0 heterocycles. The van der Waals surface area contributed by atoms with Gasteiger partial charge in [-0.2, -0.15) is 0 Å². The van der Waals surface area contributed by atoms with Crippen molar-refractivity contribution in [1.82, 2.24) is 0 Å². The van der Waals surface area contributed by atoms with Crippen LogP contribution >= 0.6 is 11.6 Å². The zero-order valence-electron chi connectivity index (χ0n) is 13.5. The van der Waals surface area contributed by atoms with Crippen molar-refractivity contribution in [2.24, 2.45) is 0 Å². The minimum absolute atomic E-state index is 0.328. The standard InChI is InChI=1S/C18H18ClNO4/c1-3-9-24-18(22)13-7-8-15(19)16(11-13)20-17(21)12-5-4-6-14(10-12)23-2/h4-8,10-11H,3,9H2,1-2H3,(H,20,21). The highest BCUT2D eigenvalue weighted by Crippen LogP contribution is 2.24. The molecule has 0 radical (unpaired) electrons. The molecule has 126 valence electrons. The van der Waals surface area contributed by atoms with E-state index in [1.165, 1.54) is 13.2 Å². The summed E-state index contributed by atoms with van der Waals surface area (Å²) < 4.78 is 10.2. The van der Waals surface area contributed by atoms with Crippen LogP contribution < -0.4 is 10.1 Å². The first-order valence-electron chi connectivity index (χ1n) is 7.47. The highest BCUT2D eigenvalue weighted by molar-refractivity contribution is 6.34.